The molecule has 4 rings (SSSR count). The van der Waals surface area contributed by atoms with Gasteiger partial charge in [0.2, 0.25) is 0 Å². The second-order valence-corrected chi connectivity index (χ2v) is 4.70. The van der Waals surface area contributed by atoms with Crippen molar-refractivity contribution in [3.63, 3.8) is 0 Å². The van der Waals surface area contributed by atoms with Crippen molar-refractivity contribution in [1.82, 2.24) is 29.5 Å². The second kappa shape index (κ2) is 4.82. The highest BCUT2D eigenvalue weighted by atomic mass is 15.2. The molecule has 0 bridgehead atoms. The molecule has 0 fully saturated rings. The minimum Gasteiger partial charge on any atom is -0.307 e. The number of nitrogens with one attached hydrogen (secondary N) is 1. The predicted octanol–water partition coefficient (Wildman–Crippen LogP) is 2.11. The Morgan fingerprint density at radius 2 is 2.00 bits per heavy atom. The molecule has 0 aromatic carbocycles. The number of hydrogen-bond acceptors (Lipinski definition) is 4. The fourth-order valence-electron chi connectivity index (χ4n) is 2.23. The Balaban J connectivity index is 1.61. The molecule has 0 aliphatic carbocycles. The molecule has 4 heterocycles. The molecular weight excluding hydrogens is 264 g/mol. The van der Waals surface area contributed by atoms with Gasteiger partial charge in [-0.2, -0.15) is 5.10 Å². The van der Waals surface area contributed by atoms with Gasteiger partial charge >= 0.3 is 0 Å². The van der Waals surface area contributed by atoms with E-state index < -0.39 is 0 Å². The molecule has 1 N–H and O–H groups in total. The number of aromatic amines is 1. The van der Waals surface area contributed by atoms with Gasteiger partial charge in [0.1, 0.15) is 17.2 Å². The molecule has 0 spiro atoms. The molecule has 0 unspecified atom stereocenters. The van der Waals surface area contributed by atoms with Gasteiger partial charge in [0, 0.05) is 18.6 Å². The zero-order valence-electron chi connectivity index (χ0n) is 11.1. The lowest BCUT2D eigenvalue weighted by molar-refractivity contribution is 0.952. The number of rotatable bonds is 3. The van der Waals surface area contributed by atoms with Crippen LogP contribution in [0.15, 0.2) is 55.0 Å². The molecule has 0 atom stereocenters. The first-order chi connectivity index (χ1) is 10.4. The quantitative estimate of drug-likeness (QED) is 0.622. The van der Waals surface area contributed by atoms with E-state index in [9.17, 15) is 0 Å². The summed E-state index contributed by atoms with van der Waals surface area (Å²) in [6.07, 6.45) is 6.32. The minimum atomic E-state index is 0.606. The van der Waals surface area contributed by atoms with Crippen molar-refractivity contribution in [3.05, 3.63) is 66.5 Å². The summed E-state index contributed by atoms with van der Waals surface area (Å²) in [6, 6.07) is 11.6. The van der Waals surface area contributed by atoms with Gasteiger partial charge in [-0.25, -0.2) is 9.97 Å². The average molecular weight is 276 g/mol. The molecular formula is C15H12N6. The van der Waals surface area contributed by atoms with Crippen LogP contribution in [-0.2, 0) is 6.42 Å². The highest BCUT2D eigenvalue weighted by Crippen LogP contribution is 2.12. The molecule has 0 saturated carbocycles. The molecule has 0 aliphatic heterocycles. The summed E-state index contributed by atoms with van der Waals surface area (Å²) in [6.45, 7) is 0. The van der Waals surface area contributed by atoms with E-state index in [1.54, 1.807) is 6.20 Å². The van der Waals surface area contributed by atoms with Crippen molar-refractivity contribution in [2.75, 3.05) is 0 Å². The number of fused-ring (bicyclic) bond motifs is 1. The molecule has 6 heteroatoms. The normalized spacial score (nSPS) is 11.0. The van der Waals surface area contributed by atoms with Crippen LogP contribution in [0.5, 0.6) is 0 Å². The van der Waals surface area contributed by atoms with E-state index in [-0.39, 0.29) is 0 Å². The number of pyridine rings is 2. The molecule has 0 saturated heterocycles. The Hall–Kier alpha value is -3.02. The van der Waals surface area contributed by atoms with E-state index in [4.69, 9.17) is 0 Å². The van der Waals surface area contributed by atoms with Crippen LogP contribution in [-0.4, -0.2) is 29.5 Å². The van der Waals surface area contributed by atoms with Gasteiger partial charge < -0.3 is 4.40 Å². The van der Waals surface area contributed by atoms with Crippen LogP contribution in [0.25, 0.3) is 17.2 Å². The first-order valence-electron chi connectivity index (χ1n) is 6.64. The number of imidazole rings is 1. The van der Waals surface area contributed by atoms with Crippen LogP contribution in [0.1, 0.15) is 11.5 Å². The Labute approximate surface area is 120 Å². The standard InChI is InChI=1S/C15H12N6/c1-3-7-16-12(5-1)15-18-13(19-20-15)9-11-10-21-8-4-2-6-14(21)17-11/h1-8,10H,9H2,(H,18,19,20). The highest BCUT2D eigenvalue weighted by Gasteiger charge is 2.09. The lowest BCUT2D eigenvalue weighted by Gasteiger charge is -1.91. The summed E-state index contributed by atoms with van der Waals surface area (Å²) >= 11 is 0. The molecule has 0 radical (unpaired) electrons. The molecule has 0 amide bonds. The largest absolute Gasteiger partial charge is 0.307 e. The van der Waals surface area contributed by atoms with Gasteiger partial charge in [0.25, 0.3) is 0 Å². The fourth-order valence-corrected chi connectivity index (χ4v) is 2.23. The fraction of sp³-hybridized carbons (Fsp3) is 0.0667. The van der Waals surface area contributed by atoms with Gasteiger partial charge in [-0.15, -0.1) is 0 Å². The number of aromatic nitrogens is 6. The third-order valence-electron chi connectivity index (χ3n) is 3.19. The Morgan fingerprint density at radius 3 is 2.86 bits per heavy atom. The van der Waals surface area contributed by atoms with Gasteiger partial charge in [-0.3, -0.25) is 10.1 Å². The van der Waals surface area contributed by atoms with Crippen molar-refractivity contribution in [2.24, 2.45) is 0 Å². The molecule has 6 nitrogen and oxygen atoms in total. The zero-order chi connectivity index (χ0) is 14.1. The Bertz CT molecular complexity index is 844. The van der Waals surface area contributed by atoms with Crippen LogP contribution in [0, 0.1) is 0 Å². The molecule has 4 aromatic rings. The Kier molecular flexibility index (Phi) is 2.71. The van der Waals surface area contributed by atoms with Crippen LogP contribution in [0.4, 0.5) is 0 Å². The second-order valence-electron chi connectivity index (χ2n) is 4.70. The SMILES string of the molecule is c1ccc(-c2n[nH]c(Cc3cn4ccccc4n3)n2)nc1. The summed E-state index contributed by atoms with van der Waals surface area (Å²) in [5, 5.41) is 7.15. The van der Waals surface area contributed by atoms with Crippen LogP contribution in [0.3, 0.4) is 0 Å². The van der Waals surface area contributed by atoms with Gasteiger partial charge in [0.05, 0.1) is 12.1 Å². The minimum absolute atomic E-state index is 0.606. The molecule has 4 aromatic heterocycles. The maximum Gasteiger partial charge on any atom is 0.199 e. The summed E-state index contributed by atoms with van der Waals surface area (Å²) in [7, 11) is 0. The lowest BCUT2D eigenvalue weighted by atomic mass is 10.3. The topological polar surface area (TPSA) is 71.8 Å². The van der Waals surface area contributed by atoms with Crippen molar-refractivity contribution in [3.8, 4) is 11.5 Å². The average Bonchev–Trinajstić information content (AvgIpc) is 3.14. The third-order valence-corrected chi connectivity index (χ3v) is 3.19. The van der Waals surface area contributed by atoms with Crippen LogP contribution in [0.2, 0.25) is 0 Å². The predicted molar refractivity (Wildman–Crippen MR) is 77.6 cm³/mol. The first kappa shape index (κ1) is 11.8. The maximum absolute atomic E-state index is 4.55. The molecule has 21 heavy (non-hydrogen) atoms. The molecule has 102 valence electrons. The van der Waals surface area contributed by atoms with Gasteiger partial charge in [-0.05, 0) is 24.3 Å². The molecule has 0 aliphatic rings. The van der Waals surface area contributed by atoms with E-state index in [1.165, 1.54) is 0 Å². The number of nitrogens with zero attached hydrogens (tertiary/aromatic N) is 5. The summed E-state index contributed by atoms with van der Waals surface area (Å²) in [5.41, 5.74) is 2.64. The van der Waals surface area contributed by atoms with Crippen LogP contribution < -0.4 is 0 Å². The van der Waals surface area contributed by atoms with Crippen molar-refractivity contribution in [2.45, 2.75) is 6.42 Å². The third kappa shape index (κ3) is 2.27. The van der Waals surface area contributed by atoms with E-state index in [0.717, 1.165) is 22.9 Å². The highest BCUT2D eigenvalue weighted by molar-refractivity contribution is 5.47. The summed E-state index contributed by atoms with van der Waals surface area (Å²) in [5.74, 6) is 1.38. The smallest absolute Gasteiger partial charge is 0.199 e. The van der Waals surface area contributed by atoms with Gasteiger partial charge in [0.15, 0.2) is 5.82 Å². The number of hydrogen-bond donors (Lipinski definition) is 1. The van der Waals surface area contributed by atoms with E-state index in [0.29, 0.717) is 12.2 Å². The Morgan fingerprint density at radius 1 is 1.05 bits per heavy atom. The monoisotopic (exact) mass is 276 g/mol. The maximum atomic E-state index is 4.55. The van der Waals surface area contributed by atoms with E-state index in [2.05, 4.69) is 25.1 Å². The van der Waals surface area contributed by atoms with E-state index in [1.807, 2.05) is 53.2 Å². The first-order valence-corrected chi connectivity index (χ1v) is 6.64. The lowest BCUT2D eigenvalue weighted by Crippen LogP contribution is -1.91. The number of H-pyrrole nitrogens is 1. The van der Waals surface area contributed by atoms with E-state index >= 15 is 0 Å². The van der Waals surface area contributed by atoms with Crippen molar-refractivity contribution < 1.29 is 0 Å². The van der Waals surface area contributed by atoms with Crippen molar-refractivity contribution in [1.29, 1.82) is 0 Å². The van der Waals surface area contributed by atoms with Crippen molar-refractivity contribution >= 4 is 5.65 Å². The van der Waals surface area contributed by atoms with Crippen LogP contribution >= 0.6 is 0 Å². The zero-order valence-corrected chi connectivity index (χ0v) is 11.1. The summed E-state index contributed by atoms with van der Waals surface area (Å²) < 4.78 is 1.99. The van der Waals surface area contributed by atoms with Gasteiger partial charge in [-0.1, -0.05) is 12.1 Å². The summed E-state index contributed by atoms with van der Waals surface area (Å²) in [4.78, 5) is 13.3.